The lowest BCUT2D eigenvalue weighted by atomic mass is 9.79. The number of hydrogen-bond donors (Lipinski definition) is 2. The van der Waals surface area contributed by atoms with E-state index in [2.05, 4.69) is 41.8 Å². The Balaban J connectivity index is 1.69. The smallest absolute Gasteiger partial charge is 0.0345 e. The van der Waals surface area contributed by atoms with E-state index < -0.39 is 0 Å². The highest BCUT2D eigenvalue weighted by atomic mass is 15.0. The molecule has 1 aromatic rings. The first kappa shape index (κ1) is 13.0. The third-order valence-corrected chi connectivity index (χ3v) is 4.80. The molecule has 0 amide bonds. The largest absolute Gasteiger partial charge is 0.382 e. The zero-order valence-corrected chi connectivity index (χ0v) is 12.0. The molecule has 2 nitrogen and oxygen atoms in total. The highest BCUT2D eigenvalue weighted by Crippen LogP contribution is 2.32. The number of nitrogens with one attached hydrogen (secondary N) is 2. The van der Waals surface area contributed by atoms with Crippen LogP contribution in [0.15, 0.2) is 24.3 Å². The minimum Gasteiger partial charge on any atom is -0.382 e. The van der Waals surface area contributed by atoms with Crippen LogP contribution in [0.1, 0.15) is 44.1 Å². The van der Waals surface area contributed by atoms with Gasteiger partial charge in [0.25, 0.3) is 0 Å². The van der Waals surface area contributed by atoms with Crippen LogP contribution in [0.5, 0.6) is 0 Å². The van der Waals surface area contributed by atoms with Gasteiger partial charge in [-0.2, -0.15) is 0 Å². The standard InChI is InChI=1S/C17H26N2/c1-13-6-4-7-14(12-13)19-17-9-3-2-8-15(17)16-10-5-11-18-16/h4,6-7,12,15-19H,2-3,5,8-11H2,1H3. The predicted molar refractivity (Wildman–Crippen MR) is 81.6 cm³/mol. The van der Waals surface area contributed by atoms with E-state index in [1.54, 1.807) is 0 Å². The Labute approximate surface area is 117 Å². The first-order chi connectivity index (χ1) is 9.33. The van der Waals surface area contributed by atoms with E-state index >= 15 is 0 Å². The lowest BCUT2D eigenvalue weighted by Gasteiger charge is -2.37. The number of aryl methyl sites for hydroxylation is 1. The molecule has 0 aromatic heterocycles. The summed E-state index contributed by atoms with van der Waals surface area (Å²) < 4.78 is 0. The van der Waals surface area contributed by atoms with E-state index in [1.807, 2.05) is 0 Å². The van der Waals surface area contributed by atoms with Crippen molar-refractivity contribution in [2.24, 2.45) is 5.92 Å². The van der Waals surface area contributed by atoms with Crippen molar-refractivity contribution < 1.29 is 0 Å². The molecule has 19 heavy (non-hydrogen) atoms. The molecule has 1 aliphatic heterocycles. The maximum absolute atomic E-state index is 3.81. The van der Waals surface area contributed by atoms with Gasteiger partial charge in [0.1, 0.15) is 0 Å². The first-order valence-corrected chi connectivity index (χ1v) is 7.89. The van der Waals surface area contributed by atoms with Crippen molar-refractivity contribution in [2.75, 3.05) is 11.9 Å². The molecule has 1 aliphatic carbocycles. The van der Waals surface area contributed by atoms with E-state index in [0.717, 1.165) is 12.0 Å². The van der Waals surface area contributed by atoms with Crippen LogP contribution >= 0.6 is 0 Å². The molecule has 1 saturated carbocycles. The fraction of sp³-hybridized carbons (Fsp3) is 0.647. The number of hydrogen-bond acceptors (Lipinski definition) is 2. The minimum absolute atomic E-state index is 0.658. The second-order valence-corrected chi connectivity index (χ2v) is 6.27. The molecule has 2 heteroatoms. The summed E-state index contributed by atoms with van der Waals surface area (Å²) in [6, 6.07) is 10.2. The van der Waals surface area contributed by atoms with Crippen LogP contribution in [0.25, 0.3) is 0 Å². The Morgan fingerprint density at radius 2 is 2.00 bits per heavy atom. The van der Waals surface area contributed by atoms with E-state index in [9.17, 15) is 0 Å². The summed E-state index contributed by atoms with van der Waals surface area (Å²) in [6.07, 6.45) is 8.24. The molecule has 0 spiro atoms. The summed E-state index contributed by atoms with van der Waals surface area (Å²) in [5.74, 6) is 0.816. The third kappa shape index (κ3) is 3.11. The van der Waals surface area contributed by atoms with Gasteiger partial charge in [0.05, 0.1) is 0 Å². The van der Waals surface area contributed by atoms with Crippen molar-refractivity contribution in [2.45, 2.75) is 57.5 Å². The lowest BCUT2D eigenvalue weighted by molar-refractivity contribution is 0.263. The molecule has 0 radical (unpaired) electrons. The number of benzene rings is 1. The average molecular weight is 258 g/mol. The number of anilines is 1. The van der Waals surface area contributed by atoms with Gasteiger partial charge in [0.15, 0.2) is 0 Å². The molecule has 2 aliphatic rings. The van der Waals surface area contributed by atoms with Crippen LogP contribution in [0.2, 0.25) is 0 Å². The Kier molecular flexibility index (Phi) is 4.07. The molecule has 1 heterocycles. The summed E-state index contributed by atoms with van der Waals surface area (Å²) in [4.78, 5) is 0. The maximum Gasteiger partial charge on any atom is 0.0345 e. The topological polar surface area (TPSA) is 24.1 Å². The van der Waals surface area contributed by atoms with Gasteiger partial charge in [0, 0.05) is 17.8 Å². The molecule has 2 N–H and O–H groups in total. The van der Waals surface area contributed by atoms with E-state index in [1.165, 1.54) is 56.3 Å². The fourth-order valence-corrected chi connectivity index (χ4v) is 3.85. The van der Waals surface area contributed by atoms with Crippen LogP contribution in [-0.2, 0) is 0 Å². The van der Waals surface area contributed by atoms with Gasteiger partial charge >= 0.3 is 0 Å². The Morgan fingerprint density at radius 3 is 2.79 bits per heavy atom. The Morgan fingerprint density at radius 1 is 1.11 bits per heavy atom. The van der Waals surface area contributed by atoms with E-state index in [4.69, 9.17) is 0 Å². The minimum atomic E-state index is 0.658. The van der Waals surface area contributed by atoms with Crippen molar-refractivity contribution in [3.63, 3.8) is 0 Å². The third-order valence-electron chi connectivity index (χ3n) is 4.80. The molecular formula is C17H26N2. The number of rotatable bonds is 3. The molecule has 3 atom stereocenters. The second-order valence-electron chi connectivity index (χ2n) is 6.27. The maximum atomic E-state index is 3.81. The van der Waals surface area contributed by atoms with Gasteiger partial charge in [-0.1, -0.05) is 25.0 Å². The molecule has 2 fully saturated rings. The molecular weight excluding hydrogens is 232 g/mol. The Hall–Kier alpha value is -1.02. The molecule has 1 aromatic carbocycles. The van der Waals surface area contributed by atoms with Crippen LogP contribution in [0.4, 0.5) is 5.69 Å². The molecule has 1 saturated heterocycles. The van der Waals surface area contributed by atoms with E-state index in [-0.39, 0.29) is 0 Å². The zero-order valence-electron chi connectivity index (χ0n) is 12.0. The van der Waals surface area contributed by atoms with Crippen molar-refractivity contribution >= 4 is 5.69 Å². The fourth-order valence-electron chi connectivity index (χ4n) is 3.85. The van der Waals surface area contributed by atoms with Crippen LogP contribution in [0.3, 0.4) is 0 Å². The monoisotopic (exact) mass is 258 g/mol. The van der Waals surface area contributed by atoms with Crippen LogP contribution in [0, 0.1) is 12.8 Å². The highest BCUT2D eigenvalue weighted by molar-refractivity contribution is 5.46. The lowest BCUT2D eigenvalue weighted by Crippen LogP contribution is -2.43. The van der Waals surface area contributed by atoms with Gasteiger partial charge in [0.2, 0.25) is 0 Å². The normalized spacial score (nSPS) is 31.3. The summed E-state index contributed by atoms with van der Waals surface area (Å²) in [5.41, 5.74) is 2.64. The summed E-state index contributed by atoms with van der Waals surface area (Å²) in [5, 5.41) is 7.52. The second kappa shape index (κ2) is 5.96. The SMILES string of the molecule is Cc1cccc(NC2CCCCC2C2CCCN2)c1. The van der Waals surface area contributed by atoms with Crippen molar-refractivity contribution in [1.29, 1.82) is 0 Å². The first-order valence-electron chi connectivity index (χ1n) is 7.89. The van der Waals surface area contributed by atoms with Crippen molar-refractivity contribution in [3.8, 4) is 0 Å². The summed E-state index contributed by atoms with van der Waals surface area (Å²) >= 11 is 0. The zero-order chi connectivity index (χ0) is 13.1. The van der Waals surface area contributed by atoms with Gasteiger partial charge in [-0.15, -0.1) is 0 Å². The van der Waals surface area contributed by atoms with Crippen molar-refractivity contribution in [1.82, 2.24) is 5.32 Å². The van der Waals surface area contributed by atoms with Gasteiger partial charge in [-0.05, 0) is 62.8 Å². The van der Waals surface area contributed by atoms with Crippen LogP contribution in [-0.4, -0.2) is 18.6 Å². The average Bonchev–Trinajstić information content (AvgIpc) is 2.93. The van der Waals surface area contributed by atoms with Gasteiger partial charge in [-0.3, -0.25) is 0 Å². The predicted octanol–water partition coefficient (Wildman–Crippen LogP) is 3.72. The van der Waals surface area contributed by atoms with Crippen molar-refractivity contribution in [3.05, 3.63) is 29.8 Å². The highest BCUT2D eigenvalue weighted by Gasteiger charge is 2.33. The molecule has 104 valence electrons. The van der Waals surface area contributed by atoms with E-state index in [0.29, 0.717) is 6.04 Å². The van der Waals surface area contributed by atoms with Gasteiger partial charge in [-0.25, -0.2) is 0 Å². The Bertz CT molecular complexity index is 409. The summed E-state index contributed by atoms with van der Waals surface area (Å²) in [7, 11) is 0. The van der Waals surface area contributed by atoms with Crippen LogP contribution < -0.4 is 10.6 Å². The molecule has 3 unspecified atom stereocenters. The molecule has 3 rings (SSSR count). The summed E-state index contributed by atoms with van der Waals surface area (Å²) in [6.45, 7) is 3.39. The quantitative estimate of drug-likeness (QED) is 0.863. The van der Waals surface area contributed by atoms with Gasteiger partial charge < -0.3 is 10.6 Å². The molecule has 0 bridgehead atoms.